The van der Waals surface area contributed by atoms with E-state index in [0.717, 1.165) is 21.9 Å². The van der Waals surface area contributed by atoms with Crippen molar-refractivity contribution in [3.8, 4) is 45.8 Å². The van der Waals surface area contributed by atoms with E-state index in [-0.39, 0.29) is 23.1 Å². The van der Waals surface area contributed by atoms with Crippen LogP contribution < -0.4 is 9.97 Å². The number of fused-ring (bicyclic) bond motifs is 20. The molecular formula is C28H12MgN12. The van der Waals surface area contributed by atoms with E-state index in [2.05, 4.69) is 19.9 Å². The third kappa shape index (κ3) is 3.52. The van der Waals surface area contributed by atoms with Crippen LogP contribution in [0.4, 0.5) is 0 Å². The third-order valence-corrected chi connectivity index (χ3v) is 6.74. The molecule has 0 atom stereocenters. The summed E-state index contributed by atoms with van der Waals surface area (Å²) < 4.78 is 0. The second-order valence-corrected chi connectivity index (χ2v) is 9.08. The molecule has 0 unspecified atom stereocenters. The van der Waals surface area contributed by atoms with Crippen molar-refractivity contribution in [2.45, 2.75) is 0 Å². The van der Waals surface area contributed by atoms with Crippen molar-refractivity contribution >= 4 is 67.4 Å². The SMILES string of the molecule is [Mg+2].c1cnc2c(c1)-c1nc-2nc2[n-]c(nc3nc(nc4[n-]c(n1)c1ncccc41)-c1ncccc1-3)c1ncccc21. The molecule has 41 heavy (non-hydrogen) atoms. The van der Waals surface area contributed by atoms with Gasteiger partial charge in [-0.3, -0.25) is 19.9 Å². The van der Waals surface area contributed by atoms with E-state index in [4.69, 9.17) is 39.9 Å². The first kappa shape index (κ1) is 23.6. The molecule has 0 spiro atoms. The van der Waals surface area contributed by atoms with Crippen molar-refractivity contribution in [3.63, 3.8) is 0 Å². The van der Waals surface area contributed by atoms with Gasteiger partial charge in [-0.25, -0.2) is 9.97 Å². The van der Waals surface area contributed by atoms with E-state index < -0.39 is 0 Å². The summed E-state index contributed by atoms with van der Waals surface area (Å²) in [6.07, 6.45) is 6.78. The fourth-order valence-corrected chi connectivity index (χ4v) is 4.96. The smallest absolute Gasteiger partial charge is 0.356 e. The Morgan fingerprint density at radius 3 is 1.32 bits per heavy atom. The molecule has 0 saturated carbocycles. The van der Waals surface area contributed by atoms with Gasteiger partial charge in [0, 0.05) is 69.3 Å². The molecule has 186 valence electrons. The number of hydrogen-bond acceptors (Lipinski definition) is 10. The first-order chi connectivity index (χ1) is 19.8. The van der Waals surface area contributed by atoms with Gasteiger partial charge in [-0.2, -0.15) is 0 Å². The summed E-state index contributed by atoms with van der Waals surface area (Å²) in [4.78, 5) is 56.5. The van der Waals surface area contributed by atoms with Crippen LogP contribution in [0.5, 0.6) is 0 Å². The van der Waals surface area contributed by atoms with E-state index in [1.165, 1.54) is 0 Å². The molecule has 0 saturated heterocycles. The molecule has 0 aliphatic carbocycles. The summed E-state index contributed by atoms with van der Waals surface area (Å²) in [6, 6.07) is 14.9. The van der Waals surface area contributed by atoms with Crippen molar-refractivity contribution in [3.05, 3.63) is 73.3 Å². The Morgan fingerprint density at radius 2 is 0.829 bits per heavy atom. The quantitative estimate of drug-likeness (QED) is 0.259. The Bertz CT molecular complexity index is 2040. The fraction of sp³-hybridized carbons (Fsp3) is 0. The van der Waals surface area contributed by atoms with Crippen LogP contribution in [0.2, 0.25) is 0 Å². The molecular weight excluding hydrogens is 529 g/mol. The van der Waals surface area contributed by atoms with Gasteiger partial charge in [-0.1, -0.05) is 12.1 Å². The van der Waals surface area contributed by atoms with Gasteiger partial charge in [-0.05, 0) is 36.4 Å². The van der Waals surface area contributed by atoms with Crippen molar-refractivity contribution in [2.75, 3.05) is 0 Å². The van der Waals surface area contributed by atoms with Crippen molar-refractivity contribution in [2.24, 2.45) is 0 Å². The van der Waals surface area contributed by atoms with Crippen LogP contribution in [0.3, 0.4) is 0 Å². The van der Waals surface area contributed by atoms with Crippen molar-refractivity contribution in [1.29, 1.82) is 0 Å². The minimum absolute atomic E-state index is 0. The second-order valence-electron chi connectivity index (χ2n) is 9.08. The van der Waals surface area contributed by atoms with Crippen LogP contribution in [0, 0.1) is 0 Å². The number of hydrogen-bond donors (Lipinski definition) is 0. The molecule has 0 amide bonds. The molecule has 0 radical (unpaired) electrons. The number of pyridine rings is 4. The molecule has 12 nitrogen and oxygen atoms in total. The summed E-state index contributed by atoms with van der Waals surface area (Å²) >= 11 is 0. The molecule has 0 aromatic carbocycles. The molecule has 8 bridgehead atoms. The summed E-state index contributed by atoms with van der Waals surface area (Å²) in [5, 5.41) is 1.46. The van der Waals surface area contributed by atoms with Crippen LogP contribution in [0.25, 0.3) is 90.2 Å². The predicted molar refractivity (Wildman–Crippen MR) is 151 cm³/mol. The molecule has 2 aliphatic heterocycles. The van der Waals surface area contributed by atoms with Crippen LogP contribution in [-0.4, -0.2) is 72.9 Å². The predicted octanol–water partition coefficient (Wildman–Crippen LogP) is 3.33. The summed E-state index contributed by atoms with van der Waals surface area (Å²) in [7, 11) is 0. The van der Waals surface area contributed by atoms with Gasteiger partial charge < -0.3 is 29.9 Å². The first-order valence-electron chi connectivity index (χ1n) is 12.3. The fourth-order valence-electron chi connectivity index (χ4n) is 4.96. The van der Waals surface area contributed by atoms with Crippen LogP contribution >= 0.6 is 0 Å². The second kappa shape index (κ2) is 8.87. The molecule has 0 fully saturated rings. The molecule has 2 aliphatic rings. The zero-order valence-corrected chi connectivity index (χ0v) is 22.4. The molecule has 7 aromatic heterocycles. The van der Waals surface area contributed by atoms with Gasteiger partial charge >= 0.3 is 23.1 Å². The average Bonchev–Trinajstić information content (AvgIpc) is 3.73. The maximum atomic E-state index is 4.82. The molecule has 13 heteroatoms. The topological polar surface area (TPSA) is 157 Å². The zero-order chi connectivity index (χ0) is 26.2. The largest absolute Gasteiger partial charge is 2.00 e. The maximum Gasteiger partial charge on any atom is 2.00 e. The molecule has 9 rings (SSSR count). The first-order valence-corrected chi connectivity index (χ1v) is 12.3. The van der Waals surface area contributed by atoms with E-state index in [1.807, 2.05) is 48.5 Å². The Kier molecular flexibility index (Phi) is 5.11. The summed E-state index contributed by atoms with van der Waals surface area (Å²) in [5.41, 5.74) is 5.44. The van der Waals surface area contributed by atoms with Crippen LogP contribution in [0.15, 0.2) is 73.3 Å². The van der Waals surface area contributed by atoms with E-state index in [9.17, 15) is 0 Å². The summed E-state index contributed by atoms with van der Waals surface area (Å²) in [5.74, 6) is 1.61. The average molecular weight is 541 g/mol. The maximum absolute atomic E-state index is 4.82. The molecule has 9 heterocycles. The minimum atomic E-state index is 0. The van der Waals surface area contributed by atoms with Gasteiger partial charge in [0.05, 0.1) is 22.7 Å². The normalized spacial score (nSPS) is 11.7. The van der Waals surface area contributed by atoms with Crippen molar-refractivity contribution in [1.82, 2.24) is 59.8 Å². The number of aromatic nitrogens is 12. The van der Waals surface area contributed by atoms with Crippen LogP contribution in [0.1, 0.15) is 0 Å². The Labute approximate surface area is 245 Å². The Hall–Kier alpha value is -5.27. The van der Waals surface area contributed by atoms with Gasteiger partial charge in [0.2, 0.25) is 0 Å². The monoisotopic (exact) mass is 540 g/mol. The number of nitrogens with zero attached hydrogens (tertiary/aromatic N) is 12. The molecule has 7 aromatic rings. The zero-order valence-electron chi connectivity index (χ0n) is 21.0. The van der Waals surface area contributed by atoms with Gasteiger partial charge in [-0.15, -0.1) is 0 Å². The van der Waals surface area contributed by atoms with Crippen molar-refractivity contribution < 1.29 is 0 Å². The van der Waals surface area contributed by atoms with Crippen LogP contribution in [-0.2, 0) is 0 Å². The van der Waals surface area contributed by atoms with Gasteiger partial charge in [0.25, 0.3) is 0 Å². The minimum Gasteiger partial charge on any atom is -0.356 e. The third-order valence-electron chi connectivity index (χ3n) is 6.74. The van der Waals surface area contributed by atoms with Gasteiger partial charge in [0.15, 0.2) is 0 Å². The standard InChI is InChI=1S/C28H12N12.Mg/c1-5-13-17(29-9-1)25-33-21(13)37-26-18-14(6-2-10-30-18)23(34-26)39-28-20-16(8-4-12-32-20)24(36-28)40-27-19-15(7-3-11-31-19)22(35-27)38-25;/h1-12H;/q-2;+2. The summed E-state index contributed by atoms with van der Waals surface area (Å²) in [6.45, 7) is 0. The van der Waals surface area contributed by atoms with E-state index in [0.29, 0.717) is 68.3 Å². The molecule has 0 N–H and O–H groups in total. The van der Waals surface area contributed by atoms with E-state index >= 15 is 0 Å². The van der Waals surface area contributed by atoms with Gasteiger partial charge in [0.1, 0.15) is 23.0 Å². The Morgan fingerprint density at radius 1 is 0.415 bits per heavy atom. The number of rotatable bonds is 0. The Balaban J connectivity index is 0.00000256. The van der Waals surface area contributed by atoms with E-state index in [1.54, 1.807) is 24.8 Å².